The van der Waals surface area contributed by atoms with Gasteiger partial charge in [0.2, 0.25) is 0 Å². The summed E-state index contributed by atoms with van der Waals surface area (Å²) < 4.78 is 17.1. The minimum atomic E-state index is -0.431. The van der Waals surface area contributed by atoms with Crippen LogP contribution in [0.4, 0.5) is 4.79 Å². The maximum absolute atomic E-state index is 12.6. The van der Waals surface area contributed by atoms with E-state index in [-0.39, 0.29) is 18.5 Å². The van der Waals surface area contributed by atoms with Gasteiger partial charge in [0.05, 0.1) is 6.61 Å². The lowest BCUT2D eigenvalue weighted by Crippen LogP contribution is -2.28. The summed E-state index contributed by atoms with van der Waals surface area (Å²) in [5, 5.41) is 4.94. The van der Waals surface area contributed by atoms with Crippen molar-refractivity contribution in [3.05, 3.63) is 107 Å². The zero-order valence-corrected chi connectivity index (χ0v) is 22.4. The lowest BCUT2D eigenvalue weighted by atomic mass is 9.98. The van der Waals surface area contributed by atoms with Crippen molar-refractivity contribution in [2.24, 2.45) is 0 Å². The number of ether oxygens (including phenoxy) is 2. The van der Waals surface area contributed by atoms with Gasteiger partial charge in [-0.1, -0.05) is 84.9 Å². The van der Waals surface area contributed by atoms with Crippen molar-refractivity contribution in [3.63, 3.8) is 0 Å². The number of nitrogens with one attached hydrogen (secondary N) is 1. The molecule has 6 heteroatoms. The number of hydrogen-bond acceptors (Lipinski definition) is 5. The van der Waals surface area contributed by atoms with Gasteiger partial charge in [-0.05, 0) is 53.1 Å². The van der Waals surface area contributed by atoms with Gasteiger partial charge in [-0.3, -0.25) is 4.79 Å². The van der Waals surface area contributed by atoms with E-state index in [0.29, 0.717) is 32.4 Å². The molecular formula is C34H31NO5. The van der Waals surface area contributed by atoms with Crippen LogP contribution >= 0.6 is 0 Å². The third-order valence-corrected chi connectivity index (χ3v) is 7.60. The Balaban J connectivity index is 1.10. The van der Waals surface area contributed by atoms with Crippen LogP contribution in [-0.2, 0) is 27.1 Å². The van der Waals surface area contributed by atoms with Crippen LogP contribution in [0.15, 0.2) is 89.3 Å². The van der Waals surface area contributed by atoms with E-state index >= 15 is 0 Å². The highest BCUT2D eigenvalue weighted by Crippen LogP contribution is 2.44. The average molecular weight is 534 g/mol. The smallest absolute Gasteiger partial charge is 0.407 e. The van der Waals surface area contributed by atoms with Gasteiger partial charge < -0.3 is 19.2 Å². The first kappa shape index (κ1) is 25.7. The predicted molar refractivity (Wildman–Crippen MR) is 155 cm³/mol. The predicted octanol–water partition coefficient (Wildman–Crippen LogP) is 7.16. The molecule has 0 saturated carbocycles. The highest BCUT2D eigenvalue weighted by Gasteiger charge is 2.29. The molecule has 6 rings (SSSR count). The molecule has 202 valence electrons. The number of hydrogen-bond donors (Lipinski definition) is 1. The Morgan fingerprint density at radius 2 is 1.35 bits per heavy atom. The van der Waals surface area contributed by atoms with Crippen molar-refractivity contribution in [2.45, 2.75) is 32.1 Å². The van der Waals surface area contributed by atoms with E-state index in [1.807, 2.05) is 67.6 Å². The summed E-state index contributed by atoms with van der Waals surface area (Å²) in [6.45, 7) is 2.89. The van der Waals surface area contributed by atoms with Crippen LogP contribution in [0.3, 0.4) is 0 Å². The van der Waals surface area contributed by atoms with Gasteiger partial charge in [0.25, 0.3) is 0 Å². The molecule has 6 nitrogen and oxygen atoms in total. The fourth-order valence-electron chi connectivity index (χ4n) is 5.75. The lowest BCUT2D eigenvalue weighted by Gasteiger charge is -2.14. The van der Waals surface area contributed by atoms with Crippen LogP contribution < -0.4 is 5.32 Å². The van der Waals surface area contributed by atoms with Crippen LogP contribution in [-0.4, -0.2) is 31.8 Å². The zero-order valence-electron chi connectivity index (χ0n) is 22.4. The standard InChI is InChI=1S/C34H31NO5/c1-2-38-31(36)18-17-22-9-7-15-28-29-16-8-10-23(33(29)40-32(22)28)19-20-35-34(37)39-21-30-26-13-5-3-11-24(26)25-12-4-6-14-27(25)30/h3-16,30H,2,17-21H2,1H3,(H,35,37). The van der Waals surface area contributed by atoms with Gasteiger partial charge in [0.1, 0.15) is 17.8 Å². The number of fused-ring (bicyclic) bond motifs is 6. The van der Waals surface area contributed by atoms with Gasteiger partial charge >= 0.3 is 12.1 Å². The quantitative estimate of drug-likeness (QED) is 0.203. The highest BCUT2D eigenvalue weighted by molar-refractivity contribution is 6.06. The first-order valence-corrected chi connectivity index (χ1v) is 13.8. The molecule has 0 unspecified atom stereocenters. The Morgan fingerprint density at radius 1 is 0.750 bits per heavy atom. The maximum atomic E-state index is 12.6. The van der Waals surface area contributed by atoms with Crippen LogP contribution in [0, 0.1) is 0 Å². The summed E-state index contributed by atoms with van der Waals surface area (Å²) in [5.41, 5.74) is 8.36. The molecule has 40 heavy (non-hydrogen) atoms. The monoisotopic (exact) mass is 533 g/mol. The Kier molecular flexibility index (Phi) is 7.23. The number of aryl methyl sites for hydroxylation is 1. The first-order valence-electron chi connectivity index (χ1n) is 13.8. The number of esters is 1. The fourth-order valence-corrected chi connectivity index (χ4v) is 5.75. The van der Waals surface area contributed by atoms with Crippen LogP contribution in [0.1, 0.15) is 41.5 Å². The molecule has 1 aromatic heterocycles. The summed E-state index contributed by atoms with van der Waals surface area (Å²) in [6, 6.07) is 28.7. The Bertz CT molecular complexity index is 1660. The minimum Gasteiger partial charge on any atom is -0.466 e. The molecule has 1 N–H and O–H groups in total. The van der Waals surface area contributed by atoms with Crippen molar-refractivity contribution < 1.29 is 23.5 Å². The van der Waals surface area contributed by atoms with Crippen molar-refractivity contribution in [2.75, 3.05) is 19.8 Å². The second-order valence-corrected chi connectivity index (χ2v) is 10.00. The molecule has 0 spiro atoms. The van der Waals surface area contributed by atoms with Crippen LogP contribution in [0.2, 0.25) is 0 Å². The molecule has 0 saturated heterocycles. The van der Waals surface area contributed by atoms with E-state index in [2.05, 4.69) is 29.6 Å². The number of para-hydroxylation sites is 2. The van der Waals surface area contributed by atoms with E-state index in [1.54, 1.807) is 0 Å². The fraction of sp³-hybridized carbons (Fsp3) is 0.235. The SMILES string of the molecule is CCOC(=O)CCc1cccc2c1oc1c(CCNC(=O)OCC3c4ccccc4-c4ccccc43)cccc12. The van der Waals surface area contributed by atoms with Crippen molar-refractivity contribution >= 4 is 34.0 Å². The molecule has 0 atom stereocenters. The molecular weight excluding hydrogens is 502 g/mol. The summed E-state index contributed by atoms with van der Waals surface area (Å²) in [5.74, 6) is -0.184. The number of alkyl carbamates (subject to hydrolysis) is 1. The molecule has 4 aromatic carbocycles. The number of carbonyl (C=O) groups excluding carboxylic acids is 2. The maximum Gasteiger partial charge on any atom is 0.407 e. The molecule has 5 aromatic rings. The van der Waals surface area contributed by atoms with E-state index in [4.69, 9.17) is 13.9 Å². The van der Waals surface area contributed by atoms with E-state index in [0.717, 1.165) is 33.1 Å². The minimum absolute atomic E-state index is 0.0282. The third-order valence-electron chi connectivity index (χ3n) is 7.60. The normalized spacial score (nSPS) is 12.3. The third kappa shape index (κ3) is 4.93. The van der Waals surface area contributed by atoms with E-state index < -0.39 is 6.09 Å². The average Bonchev–Trinajstić information content (AvgIpc) is 3.52. The largest absolute Gasteiger partial charge is 0.466 e. The van der Waals surface area contributed by atoms with Crippen molar-refractivity contribution in [3.8, 4) is 11.1 Å². The van der Waals surface area contributed by atoms with Crippen LogP contribution in [0.5, 0.6) is 0 Å². The van der Waals surface area contributed by atoms with Crippen molar-refractivity contribution in [1.29, 1.82) is 0 Å². The lowest BCUT2D eigenvalue weighted by molar-refractivity contribution is -0.143. The highest BCUT2D eigenvalue weighted by atomic mass is 16.5. The molecule has 0 aliphatic heterocycles. The van der Waals surface area contributed by atoms with Gasteiger partial charge in [-0.2, -0.15) is 0 Å². The second-order valence-electron chi connectivity index (χ2n) is 10.00. The second kappa shape index (κ2) is 11.3. The summed E-state index contributed by atoms with van der Waals surface area (Å²) in [7, 11) is 0. The summed E-state index contributed by atoms with van der Waals surface area (Å²) in [4.78, 5) is 24.5. The molecule has 1 aliphatic rings. The molecule has 0 bridgehead atoms. The van der Waals surface area contributed by atoms with Crippen LogP contribution in [0.25, 0.3) is 33.1 Å². The summed E-state index contributed by atoms with van der Waals surface area (Å²) in [6.07, 6.45) is 1.02. The number of rotatable bonds is 9. The summed E-state index contributed by atoms with van der Waals surface area (Å²) >= 11 is 0. The number of furan rings is 1. The zero-order chi connectivity index (χ0) is 27.5. The number of carbonyl (C=O) groups is 2. The molecule has 1 heterocycles. The number of amides is 1. The first-order chi connectivity index (χ1) is 19.6. The van der Waals surface area contributed by atoms with Crippen molar-refractivity contribution in [1.82, 2.24) is 5.32 Å². The van der Waals surface area contributed by atoms with E-state index in [9.17, 15) is 9.59 Å². The topological polar surface area (TPSA) is 77.8 Å². The molecule has 0 fully saturated rings. The van der Waals surface area contributed by atoms with Gasteiger partial charge in [-0.25, -0.2) is 4.79 Å². The Hall–Kier alpha value is -4.58. The number of benzene rings is 4. The van der Waals surface area contributed by atoms with Gasteiger partial charge in [0.15, 0.2) is 0 Å². The van der Waals surface area contributed by atoms with Gasteiger partial charge in [0, 0.05) is 29.7 Å². The molecule has 1 amide bonds. The Labute approximate surface area is 232 Å². The van der Waals surface area contributed by atoms with E-state index in [1.165, 1.54) is 22.3 Å². The Morgan fingerprint density at radius 3 is 1.98 bits per heavy atom. The van der Waals surface area contributed by atoms with Gasteiger partial charge in [-0.15, -0.1) is 0 Å². The molecule has 1 aliphatic carbocycles. The molecule has 0 radical (unpaired) electrons.